The smallest absolute Gasteiger partial charge is 0.191 e. The maximum atomic E-state index is 8.86. The quantitative estimate of drug-likeness (QED) is 0.516. The zero-order valence-corrected chi connectivity index (χ0v) is 16.8. The Morgan fingerprint density at radius 3 is 2.29 bits per heavy atom. The second-order valence-corrected chi connectivity index (χ2v) is 6.06. The first-order valence-electron chi connectivity index (χ1n) is 9.52. The highest BCUT2D eigenvalue weighted by molar-refractivity contribution is 5.79. The molecule has 0 saturated heterocycles. The lowest BCUT2D eigenvalue weighted by atomic mass is 10.1. The molecule has 2 rings (SSSR count). The van der Waals surface area contributed by atoms with Crippen LogP contribution in [0.25, 0.3) is 0 Å². The molecule has 0 bridgehead atoms. The average Bonchev–Trinajstić information content (AvgIpc) is 2.73. The number of rotatable bonds is 9. The molecule has 0 atom stereocenters. The number of nitrogens with one attached hydrogen (secondary N) is 2. The molecule has 0 aliphatic carbocycles. The van der Waals surface area contributed by atoms with Crippen molar-refractivity contribution in [3.05, 3.63) is 59.2 Å². The van der Waals surface area contributed by atoms with Crippen molar-refractivity contribution >= 4 is 5.96 Å². The molecular weight excluding hydrogens is 352 g/mol. The predicted octanol–water partition coefficient (Wildman–Crippen LogP) is 3.26. The van der Waals surface area contributed by atoms with Gasteiger partial charge in [0.15, 0.2) is 17.5 Å². The van der Waals surface area contributed by atoms with E-state index in [0.29, 0.717) is 25.3 Å². The summed E-state index contributed by atoms with van der Waals surface area (Å²) in [5.74, 6) is 2.30. The molecule has 0 fully saturated rings. The maximum Gasteiger partial charge on any atom is 0.191 e. The van der Waals surface area contributed by atoms with Gasteiger partial charge in [0.05, 0.1) is 24.8 Å². The van der Waals surface area contributed by atoms with Gasteiger partial charge in [-0.05, 0) is 55.7 Å². The van der Waals surface area contributed by atoms with Gasteiger partial charge in [-0.2, -0.15) is 5.26 Å². The summed E-state index contributed by atoms with van der Waals surface area (Å²) < 4.78 is 11.3. The molecule has 0 spiro atoms. The van der Waals surface area contributed by atoms with Gasteiger partial charge in [-0.1, -0.05) is 18.2 Å². The summed E-state index contributed by atoms with van der Waals surface area (Å²) in [4.78, 5) is 4.25. The Kier molecular flexibility index (Phi) is 8.67. The van der Waals surface area contributed by atoms with Crippen LogP contribution in [0, 0.1) is 11.3 Å². The zero-order valence-electron chi connectivity index (χ0n) is 16.8. The number of guanidine groups is 1. The first-order valence-corrected chi connectivity index (χ1v) is 9.52. The van der Waals surface area contributed by atoms with Crippen molar-refractivity contribution in [2.24, 2.45) is 4.99 Å². The van der Waals surface area contributed by atoms with E-state index in [9.17, 15) is 0 Å². The summed E-state index contributed by atoms with van der Waals surface area (Å²) >= 11 is 0. The van der Waals surface area contributed by atoms with Crippen LogP contribution >= 0.6 is 0 Å². The molecule has 0 saturated carbocycles. The predicted molar refractivity (Wildman–Crippen MR) is 112 cm³/mol. The molecule has 0 aromatic heterocycles. The molecule has 148 valence electrons. The van der Waals surface area contributed by atoms with Gasteiger partial charge in [-0.25, -0.2) is 0 Å². The van der Waals surface area contributed by atoms with E-state index in [4.69, 9.17) is 14.7 Å². The van der Waals surface area contributed by atoms with Gasteiger partial charge >= 0.3 is 0 Å². The summed E-state index contributed by atoms with van der Waals surface area (Å²) in [6.45, 7) is 6.53. The molecule has 0 aliphatic rings. The minimum Gasteiger partial charge on any atom is -0.490 e. The van der Waals surface area contributed by atoms with Crippen molar-refractivity contribution in [2.75, 3.05) is 26.8 Å². The molecule has 0 heterocycles. The molecule has 0 unspecified atom stereocenters. The highest BCUT2D eigenvalue weighted by Crippen LogP contribution is 2.28. The lowest BCUT2D eigenvalue weighted by molar-refractivity contribution is 0.287. The van der Waals surface area contributed by atoms with Crippen LogP contribution in [0.4, 0.5) is 0 Å². The zero-order chi connectivity index (χ0) is 20.2. The van der Waals surface area contributed by atoms with Crippen LogP contribution in [0.5, 0.6) is 11.5 Å². The molecule has 28 heavy (non-hydrogen) atoms. The molecule has 6 heteroatoms. The molecule has 0 amide bonds. The normalized spacial score (nSPS) is 10.9. The van der Waals surface area contributed by atoms with Crippen LogP contribution in [0.2, 0.25) is 0 Å². The van der Waals surface area contributed by atoms with Crippen LogP contribution in [-0.2, 0) is 13.0 Å². The summed E-state index contributed by atoms with van der Waals surface area (Å²) in [7, 11) is 1.75. The van der Waals surface area contributed by atoms with Gasteiger partial charge in [0, 0.05) is 20.1 Å². The number of benzene rings is 2. The van der Waals surface area contributed by atoms with Crippen molar-refractivity contribution in [3.8, 4) is 17.6 Å². The fourth-order valence-electron chi connectivity index (χ4n) is 2.68. The van der Waals surface area contributed by atoms with E-state index in [1.807, 2.05) is 50.2 Å². The molecule has 2 N–H and O–H groups in total. The SMILES string of the molecule is CCOc1ccc(CCNC(=NC)NCc2ccc(C#N)cc2)cc1OCC. The van der Waals surface area contributed by atoms with E-state index in [0.717, 1.165) is 36.0 Å². The van der Waals surface area contributed by atoms with Crippen molar-refractivity contribution in [1.82, 2.24) is 10.6 Å². The maximum absolute atomic E-state index is 8.86. The minimum atomic E-state index is 0.605. The monoisotopic (exact) mass is 380 g/mol. The van der Waals surface area contributed by atoms with Crippen molar-refractivity contribution < 1.29 is 9.47 Å². The van der Waals surface area contributed by atoms with E-state index in [1.54, 1.807) is 7.05 Å². The summed E-state index contributed by atoms with van der Waals surface area (Å²) in [5, 5.41) is 15.4. The summed E-state index contributed by atoms with van der Waals surface area (Å²) in [6, 6.07) is 15.7. The Labute approximate surface area is 167 Å². The largest absolute Gasteiger partial charge is 0.490 e. The fourth-order valence-corrected chi connectivity index (χ4v) is 2.68. The van der Waals surface area contributed by atoms with Gasteiger partial charge in [0.1, 0.15) is 0 Å². The van der Waals surface area contributed by atoms with Gasteiger partial charge < -0.3 is 20.1 Å². The number of hydrogen-bond acceptors (Lipinski definition) is 4. The first-order chi connectivity index (χ1) is 13.7. The Morgan fingerprint density at radius 2 is 1.64 bits per heavy atom. The molecule has 2 aromatic rings. The Hall–Kier alpha value is -3.20. The van der Waals surface area contributed by atoms with Gasteiger partial charge in [0.2, 0.25) is 0 Å². The molecule has 6 nitrogen and oxygen atoms in total. The highest BCUT2D eigenvalue weighted by atomic mass is 16.5. The average molecular weight is 380 g/mol. The first kappa shape index (κ1) is 21.1. The Balaban J connectivity index is 1.84. The third-order valence-corrected chi connectivity index (χ3v) is 4.08. The van der Waals surface area contributed by atoms with Crippen LogP contribution in [0.1, 0.15) is 30.5 Å². The van der Waals surface area contributed by atoms with Crippen molar-refractivity contribution in [3.63, 3.8) is 0 Å². The van der Waals surface area contributed by atoms with E-state index in [-0.39, 0.29) is 0 Å². The highest BCUT2D eigenvalue weighted by Gasteiger charge is 2.06. The standard InChI is InChI=1S/C22H28N4O2/c1-4-27-20-11-10-17(14-21(20)28-5-2)12-13-25-22(24-3)26-16-19-8-6-18(15-23)7-9-19/h6-11,14H,4-5,12-13,16H2,1-3H3,(H2,24,25,26). The third kappa shape index (κ3) is 6.51. The van der Waals surface area contributed by atoms with Crippen molar-refractivity contribution in [1.29, 1.82) is 5.26 Å². The minimum absolute atomic E-state index is 0.605. The number of ether oxygens (including phenoxy) is 2. The molecule has 0 radical (unpaired) electrons. The second kappa shape index (κ2) is 11.5. The Morgan fingerprint density at radius 1 is 0.964 bits per heavy atom. The van der Waals surface area contributed by atoms with Gasteiger partial charge in [0.25, 0.3) is 0 Å². The number of aliphatic imine (C=N–C) groups is 1. The summed E-state index contributed by atoms with van der Waals surface area (Å²) in [6.07, 6.45) is 0.837. The van der Waals surface area contributed by atoms with Gasteiger partial charge in [-0.3, -0.25) is 4.99 Å². The Bertz CT molecular complexity index is 810. The lowest BCUT2D eigenvalue weighted by Gasteiger charge is -2.14. The van der Waals surface area contributed by atoms with Gasteiger partial charge in [-0.15, -0.1) is 0 Å². The van der Waals surface area contributed by atoms with Crippen LogP contribution < -0.4 is 20.1 Å². The van der Waals surface area contributed by atoms with Crippen LogP contribution in [0.15, 0.2) is 47.5 Å². The summed E-state index contributed by atoms with van der Waals surface area (Å²) in [5.41, 5.74) is 2.92. The fraction of sp³-hybridized carbons (Fsp3) is 0.364. The number of hydrogen-bond donors (Lipinski definition) is 2. The van der Waals surface area contributed by atoms with Crippen LogP contribution in [-0.4, -0.2) is 32.8 Å². The lowest BCUT2D eigenvalue weighted by Crippen LogP contribution is -2.37. The van der Waals surface area contributed by atoms with E-state index in [2.05, 4.69) is 27.8 Å². The van der Waals surface area contributed by atoms with E-state index < -0.39 is 0 Å². The molecule has 2 aromatic carbocycles. The third-order valence-electron chi connectivity index (χ3n) is 4.08. The number of nitriles is 1. The van der Waals surface area contributed by atoms with E-state index >= 15 is 0 Å². The van der Waals surface area contributed by atoms with Crippen LogP contribution in [0.3, 0.4) is 0 Å². The second-order valence-electron chi connectivity index (χ2n) is 6.06. The van der Waals surface area contributed by atoms with E-state index in [1.165, 1.54) is 5.56 Å². The van der Waals surface area contributed by atoms with Crippen molar-refractivity contribution in [2.45, 2.75) is 26.8 Å². The molecular formula is C22H28N4O2. The number of nitrogens with zero attached hydrogens (tertiary/aromatic N) is 2. The topological polar surface area (TPSA) is 78.7 Å². The molecule has 0 aliphatic heterocycles.